The van der Waals surface area contributed by atoms with Gasteiger partial charge in [0.15, 0.2) is 5.16 Å². The Morgan fingerprint density at radius 3 is 2.62 bits per heavy atom. The van der Waals surface area contributed by atoms with E-state index in [9.17, 15) is 9.59 Å². The van der Waals surface area contributed by atoms with Gasteiger partial charge in [0.1, 0.15) is 4.83 Å². The lowest BCUT2D eigenvalue weighted by atomic mass is 10.1. The predicted molar refractivity (Wildman–Crippen MR) is 121 cm³/mol. The summed E-state index contributed by atoms with van der Waals surface area (Å²) < 4.78 is 0. The first-order chi connectivity index (χ1) is 14.1. The summed E-state index contributed by atoms with van der Waals surface area (Å²) >= 11 is 2.65. The molecule has 0 fully saturated rings. The van der Waals surface area contributed by atoms with Gasteiger partial charge in [-0.2, -0.15) is 0 Å². The van der Waals surface area contributed by atoms with Crippen LogP contribution >= 0.6 is 23.1 Å². The largest absolute Gasteiger partial charge is 0.325 e. The number of hydrogen-bond donors (Lipinski definition) is 2. The van der Waals surface area contributed by atoms with Crippen molar-refractivity contribution in [2.75, 3.05) is 11.1 Å². The fraction of sp³-hybridized carbons (Fsp3) is 0.136. The summed E-state index contributed by atoms with van der Waals surface area (Å²) in [7, 11) is 0. The van der Waals surface area contributed by atoms with Crippen LogP contribution in [0.2, 0.25) is 0 Å². The van der Waals surface area contributed by atoms with Gasteiger partial charge in [0, 0.05) is 16.6 Å². The molecule has 2 heterocycles. The van der Waals surface area contributed by atoms with Crippen molar-refractivity contribution < 1.29 is 4.79 Å². The van der Waals surface area contributed by atoms with Crippen molar-refractivity contribution in [2.24, 2.45) is 0 Å². The highest BCUT2D eigenvalue weighted by atomic mass is 32.2. The Balaban J connectivity index is 1.47. The molecule has 0 unspecified atom stereocenters. The minimum Gasteiger partial charge on any atom is -0.325 e. The van der Waals surface area contributed by atoms with E-state index in [1.54, 1.807) is 0 Å². The van der Waals surface area contributed by atoms with E-state index in [0.717, 1.165) is 23.2 Å². The molecule has 5 nitrogen and oxygen atoms in total. The zero-order chi connectivity index (χ0) is 20.2. The van der Waals surface area contributed by atoms with Crippen molar-refractivity contribution >= 4 is 44.9 Å². The van der Waals surface area contributed by atoms with Gasteiger partial charge >= 0.3 is 0 Å². The van der Waals surface area contributed by atoms with Crippen LogP contribution in [-0.2, 0) is 11.2 Å². The number of nitrogens with one attached hydrogen (secondary N) is 2. The predicted octanol–water partition coefficient (Wildman–Crippen LogP) is 4.94. The third-order valence-corrected chi connectivity index (χ3v) is 6.24. The zero-order valence-electron chi connectivity index (χ0n) is 15.8. The number of amides is 1. The molecular weight excluding hydrogens is 402 g/mol. The van der Waals surface area contributed by atoms with Crippen molar-refractivity contribution in [3.8, 4) is 11.1 Å². The second-order valence-corrected chi connectivity index (χ2v) is 8.28. The van der Waals surface area contributed by atoms with Gasteiger partial charge in [-0.15, -0.1) is 11.3 Å². The minimum atomic E-state index is -0.187. The molecule has 0 aliphatic rings. The van der Waals surface area contributed by atoms with E-state index in [0.29, 0.717) is 15.4 Å². The Morgan fingerprint density at radius 2 is 1.90 bits per heavy atom. The van der Waals surface area contributed by atoms with E-state index in [4.69, 9.17) is 0 Å². The van der Waals surface area contributed by atoms with Crippen LogP contribution in [0.3, 0.4) is 0 Å². The minimum absolute atomic E-state index is 0.141. The maximum atomic E-state index is 12.6. The molecule has 7 heteroatoms. The lowest BCUT2D eigenvalue weighted by Crippen LogP contribution is -2.15. The Labute approximate surface area is 176 Å². The molecular formula is C22H19N3O2S2. The number of aromatic nitrogens is 2. The number of fused-ring (bicyclic) bond motifs is 1. The van der Waals surface area contributed by atoms with Crippen LogP contribution in [0.25, 0.3) is 21.3 Å². The molecule has 29 heavy (non-hydrogen) atoms. The van der Waals surface area contributed by atoms with E-state index in [1.165, 1.54) is 28.7 Å². The fourth-order valence-electron chi connectivity index (χ4n) is 2.98. The number of nitrogens with zero attached hydrogens (tertiary/aromatic N) is 1. The molecule has 1 amide bonds. The van der Waals surface area contributed by atoms with Gasteiger partial charge in [0.25, 0.3) is 5.56 Å². The molecule has 2 N–H and O–H groups in total. The number of hydrogen-bond acceptors (Lipinski definition) is 5. The highest BCUT2D eigenvalue weighted by Gasteiger charge is 2.14. The molecule has 4 aromatic rings. The average molecular weight is 422 g/mol. The zero-order valence-corrected chi connectivity index (χ0v) is 17.4. The smallest absolute Gasteiger partial charge is 0.260 e. The molecule has 0 atom stereocenters. The Kier molecular flexibility index (Phi) is 5.78. The van der Waals surface area contributed by atoms with Crippen LogP contribution in [0.1, 0.15) is 12.5 Å². The molecule has 0 aliphatic carbocycles. The molecule has 0 aliphatic heterocycles. The number of carbonyl (C=O) groups is 1. The summed E-state index contributed by atoms with van der Waals surface area (Å²) in [4.78, 5) is 32.9. The van der Waals surface area contributed by atoms with Gasteiger partial charge < -0.3 is 10.3 Å². The summed E-state index contributed by atoms with van der Waals surface area (Å²) in [5.41, 5.74) is 3.66. The van der Waals surface area contributed by atoms with E-state index in [2.05, 4.69) is 22.2 Å². The van der Waals surface area contributed by atoms with E-state index >= 15 is 0 Å². The number of aryl methyl sites for hydroxylation is 1. The van der Waals surface area contributed by atoms with Gasteiger partial charge in [-0.3, -0.25) is 9.59 Å². The third-order valence-electron chi connectivity index (χ3n) is 4.49. The standard InChI is InChI=1S/C22H19N3O2S2/c1-2-14-8-10-16(11-9-14)23-18(26)13-29-22-24-20(27)19-17(12-28-21(19)25-22)15-6-4-3-5-7-15/h3-12H,2,13H2,1H3,(H,23,26)(H,24,25,27). The second-order valence-electron chi connectivity index (χ2n) is 6.45. The third kappa shape index (κ3) is 4.41. The lowest BCUT2D eigenvalue weighted by molar-refractivity contribution is -0.113. The number of thiophene rings is 1. The summed E-state index contributed by atoms with van der Waals surface area (Å²) in [6.45, 7) is 2.09. The van der Waals surface area contributed by atoms with Gasteiger partial charge in [0.05, 0.1) is 11.1 Å². The first-order valence-corrected chi connectivity index (χ1v) is 11.1. The maximum Gasteiger partial charge on any atom is 0.260 e. The molecule has 0 saturated heterocycles. The molecule has 2 aromatic carbocycles. The molecule has 0 bridgehead atoms. The van der Waals surface area contributed by atoms with Crippen LogP contribution in [0.15, 0.2) is 69.9 Å². The van der Waals surface area contributed by atoms with Crippen LogP contribution < -0.4 is 10.9 Å². The van der Waals surface area contributed by atoms with Crippen LogP contribution in [0, 0.1) is 0 Å². The highest BCUT2D eigenvalue weighted by Crippen LogP contribution is 2.31. The van der Waals surface area contributed by atoms with Gasteiger partial charge in [-0.05, 0) is 29.7 Å². The molecule has 0 saturated carbocycles. The number of anilines is 1. The Hall–Kier alpha value is -2.90. The van der Waals surface area contributed by atoms with Gasteiger partial charge in [-0.25, -0.2) is 4.98 Å². The Morgan fingerprint density at radius 1 is 1.14 bits per heavy atom. The van der Waals surface area contributed by atoms with Crippen molar-refractivity contribution in [1.82, 2.24) is 9.97 Å². The summed E-state index contributed by atoms with van der Waals surface area (Å²) in [6, 6.07) is 17.6. The number of thioether (sulfide) groups is 1. The molecule has 2 aromatic heterocycles. The fourth-order valence-corrected chi connectivity index (χ4v) is 4.65. The van der Waals surface area contributed by atoms with Crippen molar-refractivity contribution in [1.29, 1.82) is 0 Å². The molecule has 0 radical (unpaired) electrons. The summed E-state index contributed by atoms with van der Waals surface area (Å²) in [5.74, 6) is 0.0269. The molecule has 146 valence electrons. The van der Waals surface area contributed by atoms with Gasteiger partial charge in [0.2, 0.25) is 5.91 Å². The summed E-state index contributed by atoms with van der Waals surface area (Å²) in [5, 5.41) is 5.85. The van der Waals surface area contributed by atoms with Crippen LogP contribution in [-0.4, -0.2) is 21.6 Å². The topological polar surface area (TPSA) is 74.8 Å². The first-order valence-electron chi connectivity index (χ1n) is 9.22. The van der Waals surface area contributed by atoms with Gasteiger partial charge in [-0.1, -0.05) is 61.2 Å². The normalized spacial score (nSPS) is 10.9. The van der Waals surface area contributed by atoms with Crippen LogP contribution in [0.4, 0.5) is 5.69 Å². The Bertz CT molecular complexity index is 1200. The second kappa shape index (κ2) is 8.63. The monoisotopic (exact) mass is 421 g/mol. The number of aromatic amines is 1. The SMILES string of the molecule is CCc1ccc(NC(=O)CSc2nc3scc(-c4ccccc4)c3c(=O)[nH]2)cc1. The number of H-pyrrole nitrogens is 1. The average Bonchev–Trinajstić information content (AvgIpc) is 3.18. The first kappa shape index (κ1) is 19.4. The number of benzene rings is 2. The molecule has 0 spiro atoms. The van der Waals surface area contributed by atoms with E-state index in [-0.39, 0.29) is 17.2 Å². The lowest BCUT2D eigenvalue weighted by Gasteiger charge is -2.06. The van der Waals surface area contributed by atoms with Crippen LogP contribution in [0.5, 0.6) is 0 Å². The van der Waals surface area contributed by atoms with Crippen molar-refractivity contribution in [3.63, 3.8) is 0 Å². The van der Waals surface area contributed by atoms with E-state index < -0.39 is 0 Å². The molecule has 4 rings (SSSR count). The summed E-state index contributed by atoms with van der Waals surface area (Å²) in [6.07, 6.45) is 0.959. The van der Waals surface area contributed by atoms with Crippen molar-refractivity contribution in [3.05, 3.63) is 75.9 Å². The highest BCUT2D eigenvalue weighted by molar-refractivity contribution is 7.99. The number of rotatable bonds is 6. The van der Waals surface area contributed by atoms with Crippen molar-refractivity contribution in [2.45, 2.75) is 18.5 Å². The number of carbonyl (C=O) groups excluding carboxylic acids is 1. The van der Waals surface area contributed by atoms with E-state index in [1.807, 2.05) is 60.0 Å². The quantitative estimate of drug-likeness (QED) is 0.341. The maximum absolute atomic E-state index is 12.6.